The summed E-state index contributed by atoms with van der Waals surface area (Å²) >= 11 is 9.29. The van der Waals surface area contributed by atoms with Crippen molar-refractivity contribution in [3.8, 4) is 5.75 Å². The van der Waals surface area contributed by atoms with Gasteiger partial charge in [-0.2, -0.15) is 0 Å². The minimum absolute atomic E-state index is 0.146. The topological polar surface area (TPSA) is 73.6 Å². The highest BCUT2D eigenvalue weighted by Gasteiger charge is 2.24. The maximum Gasteiger partial charge on any atom is 0.379 e. The van der Waals surface area contributed by atoms with Gasteiger partial charge in [0.25, 0.3) is 0 Å². The van der Waals surface area contributed by atoms with Gasteiger partial charge in [0.05, 0.1) is 21.9 Å². The average Bonchev–Trinajstić information content (AvgIpc) is 3.05. The standard InChI is InChI=1S/C18H12BrClO5S/c19-13-6-7-16(15(20)10-13)25-18(21)17-12(8-9-24-17)11-26(22,23)14-4-2-1-3-5-14/h1-10H,11H2. The Kier molecular flexibility index (Phi) is 5.50. The van der Waals surface area contributed by atoms with E-state index in [4.69, 9.17) is 20.8 Å². The maximum absolute atomic E-state index is 12.5. The van der Waals surface area contributed by atoms with E-state index in [1.807, 2.05) is 0 Å². The van der Waals surface area contributed by atoms with Gasteiger partial charge in [0, 0.05) is 10.0 Å². The second-order valence-electron chi connectivity index (χ2n) is 5.31. The number of hydrogen-bond donors (Lipinski definition) is 0. The molecule has 0 atom stereocenters. The Bertz CT molecular complexity index is 1040. The van der Waals surface area contributed by atoms with Crippen LogP contribution in [0.5, 0.6) is 5.75 Å². The van der Waals surface area contributed by atoms with Crippen LogP contribution in [0, 0.1) is 0 Å². The highest BCUT2D eigenvalue weighted by molar-refractivity contribution is 9.10. The second-order valence-corrected chi connectivity index (χ2v) is 8.62. The number of carbonyl (C=O) groups is 1. The fourth-order valence-electron chi connectivity index (χ4n) is 2.25. The molecular formula is C18H12BrClO5S. The summed E-state index contributed by atoms with van der Waals surface area (Å²) in [5.41, 5.74) is 0.215. The summed E-state index contributed by atoms with van der Waals surface area (Å²) < 4.78 is 36.1. The molecule has 0 spiro atoms. The van der Waals surface area contributed by atoms with Gasteiger partial charge in [-0.1, -0.05) is 45.7 Å². The average molecular weight is 456 g/mol. The summed E-state index contributed by atoms with van der Waals surface area (Å²) in [5, 5.41) is 0.234. The maximum atomic E-state index is 12.5. The third-order valence-electron chi connectivity index (χ3n) is 3.48. The van der Waals surface area contributed by atoms with Crippen molar-refractivity contribution in [3.05, 3.63) is 81.7 Å². The number of benzene rings is 2. The number of sulfone groups is 1. The van der Waals surface area contributed by atoms with Crippen molar-refractivity contribution in [2.75, 3.05) is 0 Å². The lowest BCUT2D eigenvalue weighted by Gasteiger charge is -2.07. The van der Waals surface area contributed by atoms with Crippen LogP contribution in [0.15, 0.2) is 74.6 Å². The predicted octanol–water partition coefficient (Wildman–Crippen LogP) is 4.89. The quantitative estimate of drug-likeness (QED) is 0.404. The first-order valence-electron chi connectivity index (χ1n) is 7.38. The highest BCUT2D eigenvalue weighted by Crippen LogP contribution is 2.29. The molecule has 3 aromatic rings. The number of esters is 1. The van der Waals surface area contributed by atoms with Crippen molar-refractivity contribution in [1.29, 1.82) is 0 Å². The van der Waals surface area contributed by atoms with E-state index in [-0.39, 0.29) is 32.7 Å². The van der Waals surface area contributed by atoms with Crippen molar-refractivity contribution >= 4 is 43.3 Å². The first-order chi connectivity index (χ1) is 12.4. The van der Waals surface area contributed by atoms with Crippen LogP contribution in [0.1, 0.15) is 16.1 Å². The molecule has 0 aliphatic carbocycles. The molecule has 0 radical (unpaired) electrons. The minimum atomic E-state index is -3.63. The molecule has 8 heteroatoms. The van der Waals surface area contributed by atoms with Gasteiger partial charge in [-0.15, -0.1) is 0 Å². The van der Waals surface area contributed by atoms with Gasteiger partial charge in [-0.3, -0.25) is 0 Å². The first-order valence-corrected chi connectivity index (χ1v) is 10.2. The predicted molar refractivity (Wildman–Crippen MR) is 100 cm³/mol. The molecule has 1 aromatic heterocycles. The summed E-state index contributed by atoms with van der Waals surface area (Å²) in [6.07, 6.45) is 1.25. The lowest BCUT2D eigenvalue weighted by atomic mass is 10.3. The number of rotatable bonds is 5. The Morgan fingerprint density at radius 3 is 2.54 bits per heavy atom. The molecule has 1 heterocycles. The first kappa shape index (κ1) is 18.7. The van der Waals surface area contributed by atoms with Gasteiger partial charge in [-0.25, -0.2) is 13.2 Å². The Labute approximate surface area is 163 Å². The van der Waals surface area contributed by atoms with Crippen LogP contribution < -0.4 is 4.74 Å². The molecule has 0 amide bonds. The van der Waals surface area contributed by atoms with Crippen molar-refractivity contribution < 1.29 is 22.4 Å². The zero-order chi connectivity index (χ0) is 18.7. The summed E-state index contributed by atoms with van der Waals surface area (Å²) in [6.45, 7) is 0. The Morgan fingerprint density at radius 1 is 1.12 bits per heavy atom. The van der Waals surface area contributed by atoms with E-state index in [1.54, 1.807) is 30.3 Å². The molecule has 0 fully saturated rings. The third-order valence-corrected chi connectivity index (χ3v) is 5.95. The number of halogens is 2. The summed E-state index contributed by atoms with van der Waals surface area (Å²) in [6, 6.07) is 14.2. The van der Waals surface area contributed by atoms with Crippen LogP contribution >= 0.6 is 27.5 Å². The molecule has 0 unspecified atom stereocenters. The van der Waals surface area contributed by atoms with Crippen LogP contribution in [0.2, 0.25) is 5.02 Å². The molecule has 0 saturated carbocycles. The molecule has 26 heavy (non-hydrogen) atoms. The van der Waals surface area contributed by atoms with E-state index < -0.39 is 15.8 Å². The van der Waals surface area contributed by atoms with Crippen LogP contribution in [0.3, 0.4) is 0 Å². The fourth-order valence-corrected chi connectivity index (χ4v) is 4.34. The molecule has 0 aliphatic rings. The van der Waals surface area contributed by atoms with E-state index >= 15 is 0 Å². The van der Waals surface area contributed by atoms with E-state index in [1.165, 1.54) is 30.5 Å². The van der Waals surface area contributed by atoms with E-state index in [2.05, 4.69) is 15.9 Å². The molecule has 134 valence electrons. The van der Waals surface area contributed by atoms with Gasteiger partial charge in [0.15, 0.2) is 9.84 Å². The lowest BCUT2D eigenvalue weighted by Crippen LogP contribution is -2.12. The molecule has 2 aromatic carbocycles. The fraction of sp³-hybridized carbons (Fsp3) is 0.0556. The van der Waals surface area contributed by atoms with Gasteiger partial charge in [0.2, 0.25) is 5.76 Å². The zero-order valence-electron chi connectivity index (χ0n) is 13.2. The summed E-state index contributed by atoms with van der Waals surface area (Å²) in [7, 11) is -3.63. The lowest BCUT2D eigenvalue weighted by molar-refractivity contribution is 0.0700. The highest BCUT2D eigenvalue weighted by atomic mass is 79.9. The molecule has 0 bridgehead atoms. The largest absolute Gasteiger partial charge is 0.457 e. The van der Waals surface area contributed by atoms with Gasteiger partial charge < -0.3 is 9.15 Å². The smallest absolute Gasteiger partial charge is 0.379 e. The normalized spacial score (nSPS) is 11.3. The van der Waals surface area contributed by atoms with E-state index in [0.717, 1.165) is 4.47 Å². The Morgan fingerprint density at radius 2 is 1.85 bits per heavy atom. The van der Waals surface area contributed by atoms with E-state index in [0.29, 0.717) is 0 Å². The summed E-state index contributed by atoms with van der Waals surface area (Å²) in [5.74, 6) is -1.24. The molecule has 3 rings (SSSR count). The van der Waals surface area contributed by atoms with Gasteiger partial charge in [0.1, 0.15) is 5.75 Å². The Hall–Kier alpha value is -2.09. The number of furan rings is 1. The van der Waals surface area contributed by atoms with Gasteiger partial charge >= 0.3 is 5.97 Å². The van der Waals surface area contributed by atoms with Crippen molar-refractivity contribution in [2.45, 2.75) is 10.6 Å². The molecule has 5 nitrogen and oxygen atoms in total. The zero-order valence-corrected chi connectivity index (χ0v) is 16.3. The van der Waals surface area contributed by atoms with Gasteiger partial charge in [-0.05, 0) is 36.4 Å². The number of hydrogen-bond acceptors (Lipinski definition) is 5. The van der Waals surface area contributed by atoms with Crippen LogP contribution in [0.25, 0.3) is 0 Å². The SMILES string of the molecule is O=C(Oc1ccc(Br)cc1Cl)c1occc1CS(=O)(=O)c1ccccc1. The molecule has 0 aliphatic heterocycles. The van der Waals surface area contributed by atoms with Crippen LogP contribution in [0.4, 0.5) is 0 Å². The number of carbonyl (C=O) groups excluding carboxylic acids is 1. The monoisotopic (exact) mass is 454 g/mol. The van der Waals surface area contributed by atoms with Crippen molar-refractivity contribution in [2.24, 2.45) is 0 Å². The second kappa shape index (κ2) is 7.65. The Balaban J connectivity index is 1.83. The third kappa shape index (κ3) is 4.17. The van der Waals surface area contributed by atoms with Crippen molar-refractivity contribution in [3.63, 3.8) is 0 Å². The number of ether oxygens (including phenoxy) is 1. The van der Waals surface area contributed by atoms with Crippen molar-refractivity contribution in [1.82, 2.24) is 0 Å². The molecular weight excluding hydrogens is 444 g/mol. The van der Waals surface area contributed by atoms with Crippen LogP contribution in [-0.4, -0.2) is 14.4 Å². The molecule has 0 saturated heterocycles. The molecule has 0 N–H and O–H groups in total. The summed E-state index contributed by atoms with van der Waals surface area (Å²) in [4.78, 5) is 12.5. The van der Waals surface area contributed by atoms with Crippen LogP contribution in [-0.2, 0) is 15.6 Å². The van der Waals surface area contributed by atoms with E-state index in [9.17, 15) is 13.2 Å². The minimum Gasteiger partial charge on any atom is -0.457 e.